The van der Waals surface area contributed by atoms with E-state index in [4.69, 9.17) is 5.73 Å². The summed E-state index contributed by atoms with van der Waals surface area (Å²) in [5.41, 5.74) is 5.19. The molecule has 3 amide bonds. The molecule has 172 valence electrons. The second-order valence-corrected chi connectivity index (χ2v) is 7.46. The molecular formula is C21H24F3N5O3. The van der Waals surface area contributed by atoms with Gasteiger partial charge >= 0.3 is 6.03 Å². The molecule has 0 aliphatic carbocycles. The number of primary amides is 1. The number of amides is 3. The zero-order chi connectivity index (χ0) is 23.3. The average molecular weight is 451 g/mol. The number of likely N-dealkylation sites (tertiary alicyclic amines) is 1. The topological polar surface area (TPSA) is 109 Å². The number of hydrogen-bond acceptors (Lipinski definition) is 4. The largest absolute Gasteiger partial charge is 0.351 e. The van der Waals surface area contributed by atoms with E-state index in [0.29, 0.717) is 19.4 Å². The van der Waals surface area contributed by atoms with E-state index in [1.54, 1.807) is 12.1 Å². The monoisotopic (exact) mass is 451 g/mol. The Morgan fingerprint density at radius 2 is 1.97 bits per heavy atom. The van der Waals surface area contributed by atoms with E-state index in [2.05, 4.69) is 10.6 Å². The molecule has 1 unspecified atom stereocenters. The second kappa shape index (κ2) is 10.3. The van der Waals surface area contributed by atoms with Crippen molar-refractivity contribution < 1.29 is 22.8 Å². The Labute approximate surface area is 182 Å². The van der Waals surface area contributed by atoms with Gasteiger partial charge in [-0.05, 0) is 31.0 Å². The number of rotatable bonds is 8. The van der Waals surface area contributed by atoms with Gasteiger partial charge in [-0.15, -0.1) is 0 Å². The van der Waals surface area contributed by atoms with Crippen LogP contribution in [0.15, 0.2) is 47.4 Å². The van der Waals surface area contributed by atoms with Crippen molar-refractivity contribution in [1.29, 1.82) is 0 Å². The molecule has 32 heavy (non-hydrogen) atoms. The van der Waals surface area contributed by atoms with Crippen LogP contribution in [0.2, 0.25) is 0 Å². The maximum absolute atomic E-state index is 14.7. The minimum atomic E-state index is -2.61. The highest BCUT2D eigenvalue weighted by Gasteiger charge is 2.37. The van der Waals surface area contributed by atoms with Crippen LogP contribution in [0.1, 0.15) is 12.8 Å². The van der Waals surface area contributed by atoms with Gasteiger partial charge in [0.1, 0.15) is 5.82 Å². The van der Waals surface area contributed by atoms with Gasteiger partial charge in [-0.2, -0.15) is 0 Å². The molecule has 1 aliphatic rings. The van der Waals surface area contributed by atoms with Crippen LogP contribution in [0.3, 0.4) is 0 Å². The Balaban J connectivity index is 1.79. The van der Waals surface area contributed by atoms with Crippen molar-refractivity contribution in [2.45, 2.75) is 25.3 Å². The number of pyridine rings is 1. The number of aromatic nitrogens is 1. The van der Waals surface area contributed by atoms with E-state index in [-0.39, 0.29) is 23.5 Å². The van der Waals surface area contributed by atoms with Gasteiger partial charge in [-0.1, -0.05) is 6.07 Å². The molecule has 0 spiro atoms. The summed E-state index contributed by atoms with van der Waals surface area (Å²) in [7, 11) is 0. The molecule has 1 aromatic heterocycles. The number of alkyl halides is 2. The van der Waals surface area contributed by atoms with Crippen molar-refractivity contribution >= 4 is 17.6 Å². The van der Waals surface area contributed by atoms with Gasteiger partial charge in [0, 0.05) is 37.5 Å². The highest BCUT2D eigenvalue weighted by Crippen LogP contribution is 2.26. The summed E-state index contributed by atoms with van der Waals surface area (Å²) in [6, 6.07) is 7.10. The normalized spacial score (nSPS) is 16.9. The third kappa shape index (κ3) is 5.47. The first-order valence-electron chi connectivity index (χ1n) is 10.1. The lowest BCUT2D eigenvalue weighted by molar-refractivity contribution is -0.121. The van der Waals surface area contributed by atoms with Gasteiger partial charge in [0.25, 0.3) is 12.0 Å². The maximum atomic E-state index is 14.7. The predicted octanol–water partition coefficient (Wildman–Crippen LogP) is 1.93. The smallest absolute Gasteiger partial charge is 0.315 e. The standard InChI is InChI=1S/C21H24F3N5O3/c22-15-10-13(28-8-2-1-5-19(28)30)6-7-16(15)27-20(31)14(11-26-12-18(23)24)17-4-3-9-29(17)21(25)32/h1-2,5-8,10,14,17-18,26H,3-4,9,11-12H2,(H2,25,32)(H,27,31)/t14?,17-/m0/s1. The van der Waals surface area contributed by atoms with Crippen LogP contribution in [0, 0.1) is 11.7 Å². The van der Waals surface area contributed by atoms with Crippen molar-refractivity contribution in [1.82, 2.24) is 14.8 Å². The van der Waals surface area contributed by atoms with Crippen molar-refractivity contribution in [2.75, 3.05) is 25.0 Å². The summed E-state index contributed by atoms with van der Waals surface area (Å²) in [5, 5.41) is 4.99. The number of anilines is 1. The van der Waals surface area contributed by atoms with Gasteiger partial charge in [0.15, 0.2) is 0 Å². The quantitative estimate of drug-likeness (QED) is 0.570. The summed E-state index contributed by atoms with van der Waals surface area (Å²) >= 11 is 0. The Morgan fingerprint density at radius 1 is 1.19 bits per heavy atom. The van der Waals surface area contributed by atoms with Crippen LogP contribution in [0.4, 0.5) is 23.7 Å². The average Bonchev–Trinajstić information content (AvgIpc) is 3.22. The maximum Gasteiger partial charge on any atom is 0.315 e. The number of halogens is 3. The summed E-state index contributed by atoms with van der Waals surface area (Å²) in [4.78, 5) is 37.9. The molecule has 0 radical (unpaired) electrons. The van der Waals surface area contributed by atoms with Crippen molar-refractivity contribution in [3.8, 4) is 5.69 Å². The fraction of sp³-hybridized carbons (Fsp3) is 0.381. The lowest BCUT2D eigenvalue weighted by Crippen LogP contribution is -2.50. The lowest BCUT2D eigenvalue weighted by atomic mass is 9.96. The van der Waals surface area contributed by atoms with Crippen LogP contribution in [0.25, 0.3) is 5.69 Å². The van der Waals surface area contributed by atoms with Crippen molar-refractivity contribution in [3.63, 3.8) is 0 Å². The summed E-state index contributed by atoms with van der Waals surface area (Å²) in [6.07, 6.45) is -0.0454. The molecule has 0 bridgehead atoms. The predicted molar refractivity (Wildman–Crippen MR) is 112 cm³/mol. The summed E-state index contributed by atoms with van der Waals surface area (Å²) in [5.74, 6) is -2.32. The number of nitrogens with zero attached hydrogens (tertiary/aromatic N) is 2. The minimum absolute atomic E-state index is 0.134. The Morgan fingerprint density at radius 3 is 2.62 bits per heavy atom. The molecular weight excluding hydrogens is 427 g/mol. The number of benzene rings is 1. The van der Waals surface area contributed by atoms with E-state index < -0.39 is 42.7 Å². The Bertz CT molecular complexity index is 1030. The molecule has 8 nitrogen and oxygen atoms in total. The van der Waals surface area contributed by atoms with Gasteiger partial charge < -0.3 is 21.3 Å². The molecule has 1 aromatic carbocycles. The first-order chi connectivity index (χ1) is 15.3. The number of urea groups is 1. The molecule has 2 aromatic rings. The molecule has 4 N–H and O–H groups in total. The van der Waals surface area contributed by atoms with Crippen LogP contribution >= 0.6 is 0 Å². The van der Waals surface area contributed by atoms with E-state index in [9.17, 15) is 27.6 Å². The number of hydrogen-bond donors (Lipinski definition) is 3. The summed E-state index contributed by atoms with van der Waals surface area (Å²) in [6.45, 7) is -0.404. The van der Waals surface area contributed by atoms with Crippen LogP contribution in [0.5, 0.6) is 0 Å². The zero-order valence-electron chi connectivity index (χ0n) is 17.1. The van der Waals surface area contributed by atoms with Gasteiger partial charge in [-0.3, -0.25) is 14.2 Å². The molecule has 11 heteroatoms. The fourth-order valence-electron chi connectivity index (χ4n) is 3.86. The first kappa shape index (κ1) is 23.3. The highest BCUT2D eigenvalue weighted by molar-refractivity contribution is 5.94. The van der Waals surface area contributed by atoms with Gasteiger partial charge in [0.2, 0.25) is 5.91 Å². The third-order valence-corrected chi connectivity index (χ3v) is 5.36. The number of carbonyl (C=O) groups excluding carboxylic acids is 2. The Kier molecular flexibility index (Phi) is 7.52. The lowest BCUT2D eigenvalue weighted by Gasteiger charge is -2.30. The SMILES string of the molecule is NC(=O)N1CCC[C@H]1C(CNCC(F)F)C(=O)Nc1ccc(-n2ccccc2=O)cc1F. The molecule has 3 rings (SSSR count). The molecule has 0 saturated carbocycles. The van der Waals surface area contributed by atoms with Crippen LogP contribution < -0.4 is 21.9 Å². The van der Waals surface area contributed by atoms with E-state index in [1.165, 1.54) is 33.9 Å². The fourth-order valence-corrected chi connectivity index (χ4v) is 3.86. The number of carbonyl (C=O) groups is 2. The molecule has 2 atom stereocenters. The van der Waals surface area contributed by atoms with Crippen molar-refractivity contribution in [3.05, 3.63) is 58.8 Å². The van der Waals surface area contributed by atoms with Gasteiger partial charge in [-0.25, -0.2) is 18.0 Å². The molecule has 1 saturated heterocycles. The molecule has 2 heterocycles. The minimum Gasteiger partial charge on any atom is -0.351 e. The second-order valence-electron chi connectivity index (χ2n) is 7.46. The zero-order valence-corrected chi connectivity index (χ0v) is 17.1. The highest BCUT2D eigenvalue weighted by atomic mass is 19.3. The third-order valence-electron chi connectivity index (χ3n) is 5.36. The van der Waals surface area contributed by atoms with Gasteiger partial charge in [0.05, 0.1) is 23.8 Å². The summed E-state index contributed by atoms with van der Waals surface area (Å²) < 4.78 is 41.1. The molecule has 1 aliphatic heterocycles. The van der Waals surface area contributed by atoms with E-state index in [0.717, 1.165) is 6.07 Å². The molecule has 1 fully saturated rings. The van der Waals surface area contributed by atoms with E-state index in [1.807, 2.05) is 0 Å². The van der Waals surface area contributed by atoms with E-state index >= 15 is 0 Å². The number of nitrogens with two attached hydrogens (primary N) is 1. The van der Waals surface area contributed by atoms with Crippen LogP contribution in [-0.2, 0) is 4.79 Å². The van der Waals surface area contributed by atoms with Crippen molar-refractivity contribution in [2.24, 2.45) is 11.7 Å². The number of nitrogens with one attached hydrogen (secondary N) is 2. The first-order valence-corrected chi connectivity index (χ1v) is 10.1. The van der Waals surface area contributed by atoms with Crippen LogP contribution in [-0.4, -0.2) is 53.5 Å². The Hall–Kier alpha value is -3.34.